The Morgan fingerprint density at radius 3 is 2.48 bits per heavy atom. The van der Waals surface area contributed by atoms with Crippen LogP contribution in [0.4, 0.5) is 0 Å². The van der Waals surface area contributed by atoms with Crippen LogP contribution in [-0.4, -0.2) is 75.1 Å². The second-order valence-electron chi connectivity index (χ2n) is 6.45. The minimum absolute atomic E-state index is 0.0333. The van der Waals surface area contributed by atoms with Crippen LogP contribution < -0.4 is 4.72 Å². The molecule has 0 saturated carbocycles. The SMILES string of the molecule is Cc1cc(C(=O)O)cc(S(=O)(=O)NCC(C)N2CCN(C)CC2)c1Cl. The molecule has 0 radical (unpaired) electrons. The van der Waals surface area contributed by atoms with Gasteiger partial charge in [-0.25, -0.2) is 17.9 Å². The summed E-state index contributed by atoms with van der Waals surface area (Å²) >= 11 is 6.11. The zero-order chi connectivity index (χ0) is 18.8. The topological polar surface area (TPSA) is 89.9 Å². The van der Waals surface area contributed by atoms with E-state index in [1.165, 1.54) is 6.07 Å². The second kappa shape index (κ2) is 8.01. The number of sulfonamides is 1. The fourth-order valence-electron chi connectivity index (χ4n) is 2.76. The molecule has 9 heteroatoms. The summed E-state index contributed by atoms with van der Waals surface area (Å²) in [6, 6.07) is 2.49. The minimum atomic E-state index is -3.90. The standard InChI is InChI=1S/C16H24ClN3O4S/c1-11-8-13(16(21)22)9-14(15(11)17)25(23,24)18-10-12(2)20-6-4-19(3)5-7-20/h8-9,12,18H,4-7,10H2,1-3H3,(H,21,22). The van der Waals surface area contributed by atoms with E-state index in [4.69, 9.17) is 16.7 Å². The zero-order valence-corrected chi connectivity index (χ0v) is 16.2. The first-order valence-electron chi connectivity index (χ1n) is 8.07. The van der Waals surface area contributed by atoms with Crippen molar-refractivity contribution in [2.24, 2.45) is 0 Å². The van der Waals surface area contributed by atoms with Gasteiger partial charge in [0.05, 0.1) is 10.6 Å². The van der Waals surface area contributed by atoms with E-state index >= 15 is 0 Å². The van der Waals surface area contributed by atoms with Gasteiger partial charge in [-0.05, 0) is 38.6 Å². The predicted octanol–water partition coefficient (Wildman–Crippen LogP) is 1.26. The van der Waals surface area contributed by atoms with Gasteiger partial charge in [-0.1, -0.05) is 11.6 Å². The molecule has 1 saturated heterocycles. The molecule has 0 amide bonds. The van der Waals surface area contributed by atoms with E-state index in [1.807, 2.05) is 6.92 Å². The molecule has 140 valence electrons. The number of hydrogen-bond acceptors (Lipinski definition) is 5. The highest BCUT2D eigenvalue weighted by Crippen LogP contribution is 2.27. The van der Waals surface area contributed by atoms with Crippen LogP contribution in [0.5, 0.6) is 0 Å². The van der Waals surface area contributed by atoms with Gasteiger partial charge in [-0.3, -0.25) is 4.90 Å². The van der Waals surface area contributed by atoms with E-state index in [9.17, 15) is 13.2 Å². The van der Waals surface area contributed by atoms with Gasteiger partial charge in [0, 0.05) is 38.8 Å². The lowest BCUT2D eigenvalue weighted by molar-refractivity contribution is 0.0696. The summed E-state index contributed by atoms with van der Waals surface area (Å²) in [4.78, 5) is 15.4. The summed E-state index contributed by atoms with van der Waals surface area (Å²) < 4.78 is 27.8. The van der Waals surface area contributed by atoms with Crippen molar-refractivity contribution in [2.75, 3.05) is 39.8 Å². The Labute approximate surface area is 153 Å². The molecule has 1 heterocycles. The average Bonchev–Trinajstić information content (AvgIpc) is 2.55. The van der Waals surface area contributed by atoms with Crippen LogP contribution in [0.2, 0.25) is 5.02 Å². The van der Waals surface area contributed by atoms with Gasteiger partial charge in [-0.15, -0.1) is 0 Å². The first-order chi connectivity index (χ1) is 11.6. The van der Waals surface area contributed by atoms with E-state index in [0.29, 0.717) is 5.56 Å². The van der Waals surface area contributed by atoms with E-state index in [1.54, 1.807) is 6.92 Å². The highest BCUT2D eigenvalue weighted by atomic mass is 35.5. The maximum absolute atomic E-state index is 12.6. The van der Waals surface area contributed by atoms with Crippen LogP contribution in [0.3, 0.4) is 0 Å². The quantitative estimate of drug-likeness (QED) is 0.761. The van der Waals surface area contributed by atoms with Crippen molar-refractivity contribution in [1.82, 2.24) is 14.5 Å². The highest BCUT2D eigenvalue weighted by Gasteiger charge is 2.24. The molecule has 1 unspecified atom stereocenters. The number of benzene rings is 1. The minimum Gasteiger partial charge on any atom is -0.478 e. The largest absolute Gasteiger partial charge is 0.478 e. The number of nitrogens with one attached hydrogen (secondary N) is 1. The van der Waals surface area contributed by atoms with E-state index in [0.717, 1.165) is 32.2 Å². The number of aryl methyl sites for hydroxylation is 1. The number of carbonyl (C=O) groups is 1. The van der Waals surface area contributed by atoms with Gasteiger partial charge >= 0.3 is 5.97 Å². The Kier molecular flexibility index (Phi) is 6.45. The number of carboxylic acids is 1. The van der Waals surface area contributed by atoms with Gasteiger partial charge in [0.1, 0.15) is 4.90 Å². The Balaban J connectivity index is 2.12. The Morgan fingerprint density at radius 1 is 1.32 bits per heavy atom. The molecule has 7 nitrogen and oxygen atoms in total. The predicted molar refractivity (Wildman–Crippen MR) is 96.9 cm³/mol. The summed E-state index contributed by atoms with van der Waals surface area (Å²) in [6.07, 6.45) is 0. The maximum Gasteiger partial charge on any atom is 0.335 e. The molecule has 0 aliphatic carbocycles. The number of likely N-dealkylation sites (N-methyl/N-ethyl adjacent to an activating group) is 1. The number of aromatic carboxylic acids is 1. The molecule has 0 aromatic heterocycles. The molecule has 1 aromatic rings. The third-order valence-corrected chi connectivity index (χ3v) is 6.55. The Morgan fingerprint density at radius 2 is 1.92 bits per heavy atom. The smallest absolute Gasteiger partial charge is 0.335 e. The fourth-order valence-corrected chi connectivity index (χ4v) is 4.47. The first kappa shape index (κ1) is 20.1. The van der Waals surface area contributed by atoms with Crippen molar-refractivity contribution in [3.8, 4) is 0 Å². The van der Waals surface area contributed by atoms with Gasteiger partial charge in [0.2, 0.25) is 10.0 Å². The Bertz CT molecular complexity index is 746. The molecule has 1 atom stereocenters. The fraction of sp³-hybridized carbons (Fsp3) is 0.562. The van der Waals surface area contributed by atoms with Crippen molar-refractivity contribution >= 4 is 27.6 Å². The number of rotatable bonds is 6. The number of carboxylic acid groups (broad SMARTS) is 1. The molecule has 1 fully saturated rings. The van der Waals surface area contributed by atoms with Crippen LogP contribution >= 0.6 is 11.6 Å². The number of piperazine rings is 1. The molecule has 0 bridgehead atoms. The molecule has 1 aliphatic rings. The molecule has 2 N–H and O–H groups in total. The summed E-state index contributed by atoms with van der Waals surface area (Å²) in [5.74, 6) is -1.19. The number of hydrogen-bond donors (Lipinski definition) is 2. The van der Waals surface area contributed by atoms with Crippen molar-refractivity contribution in [2.45, 2.75) is 24.8 Å². The lowest BCUT2D eigenvalue weighted by Gasteiger charge is -2.36. The molecule has 1 aromatic carbocycles. The molecule has 2 rings (SSSR count). The molecular weight excluding hydrogens is 366 g/mol. The average molecular weight is 390 g/mol. The van der Waals surface area contributed by atoms with Crippen LogP contribution in [0.25, 0.3) is 0 Å². The Hall–Kier alpha value is -1.19. The zero-order valence-electron chi connectivity index (χ0n) is 14.6. The van der Waals surface area contributed by atoms with Gasteiger partial charge in [-0.2, -0.15) is 0 Å². The highest BCUT2D eigenvalue weighted by molar-refractivity contribution is 7.89. The van der Waals surface area contributed by atoms with Crippen molar-refractivity contribution in [3.05, 3.63) is 28.3 Å². The summed E-state index contributed by atoms with van der Waals surface area (Å²) in [6.45, 7) is 7.45. The summed E-state index contributed by atoms with van der Waals surface area (Å²) in [7, 11) is -1.84. The van der Waals surface area contributed by atoms with Gasteiger partial charge < -0.3 is 10.0 Å². The molecule has 0 spiro atoms. The van der Waals surface area contributed by atoms with Crippen LogP contribution in [0, 0.1) is 6.92 Å². The van der Waals surface area contributed by atoms with Crippen molar-refractivity contribution in [1.29, 1.82) is 0 Å². The lowest BCUT2D eigenvalue weighted by Crippen LogP contribution is -2.51. The van der Waals surface area contributed by atoms with Crippen molar-refractivity contribution < 1.29 is 18.3 Å². The molecule has 25 heavy (non-hydrogen) atoms. The third kappa shape index (κ3) is 4.92. The lowest BCUT2D eigenvalue weighted by atomic mass is 10.1. The summed E-state index contributed by atoms with van der Waals surface area (Å²) in [5.41, 5.74) is 0.309. The summed E-state index contributed by atoms with van der Waals surface area (Å²) in [5, 5.41) is 9.18. The van der Waals surface area contributed by atoms with Gasteiger partial charge in [0.15, 0.2) is 0 Å². The normalized spacial score (nSPS) is 18.2. The van der Waals surface area contributed by atoms with Crippen molar-refractivity contribution in [3.63, 3.8) is 0 Å². The number of halogens is 1. The third-order valence-electron chi connectivity index (χ3n) is 4.49. The monoisotopic (exact) mass is 389 g/mol. The molecule has 1 aliphatic heterocycles. The molecular formula is C16H24ClN3O4S. The van der Waals surface area contributed by atoms with Crippen LogP contribution in [0.1, 0.15) is 22.8 Å². The first-order valence-corrected chi connectivity index (χ1v) is 9.93. The maximum atomic E-state index is 12.6. The second-order valence-corrected chi connectivity index (χ2v) is 8.56. The van der Waals surface area contributed by atoms with E-state index < -0.39 is 16.0 Å². The van der Waals surface area contributed by atoms with Crippen LogP contribution in [0.15, 0.2) is 17.0 Å². The van der Waals surface area contributed by atoms with E-state index in [-0.39, 0.29) is 28.1 Å². The number of nitrogens with zero attached hydrogens (tertiary/aromatic N) is 2. The van der Waals surface area contributed by atoms with E-state index in [2.05, 4.69) is 21.6 Å². The van der Waals surface area contributed by atoms with Gasteiger partial charge in [0.25, 0.3) is 0 Å². The van der Waals surface area contributed by atoms with Crippen LogP contribution in [-0.2, 0) is 10.0 Å².